The number of nitrogens with one attached hydrogen (secondary N) is 1. The molecule has 0 spiro atoms. The minimum atomic E-state index is 0.00412. The van der Waals surface area contributed by atoms with Gasteiger partial charge in [-0.3, -0.25) is 9.69 Å². The smallest absolute Gasteiger partial charge is 0.251 e. The first-order valence-electron chi connectivity index (χ1n) is 9.94. The van der Waals surface area contributed by atoms with E-state index in [2.05, 4.69) is 29.3 Å². The van der Waals surface area contributed by atoms with Gasteiger partial charge in [-0.1, -0.05) is 42.8 Å². The molecular formula is C23H29ClN2O. The molecule has 0 aromatic heterocycles. The Morgan fingerprint density at radius 1 is 1.04 bits per heavy atom. The van der Waals surface area contributed by atoms with Crippen molar-refractivity contribution in [3.8, 4) is 0 Å². The Kier molecular flexibility index (Phi) is 7.31. The van der Waals surface area contributed by atoms with E-state index < -0.39 is 0 Å². The Labute approximate surface area is 167 Å². The molecule has 0 radical (unpaired) electrons. The zero-order valence-corrected chi connectivity index (χ0v) is 16.8. The number of carbonyl (C=O) groups is 1. The molecule has 1 amide bonds. The lowest BCUT2D eigenvalue weighted by molar-refractivity contribution is 0.0953. The molecule has 1 saturated heterocycles. The number of halogens is 1. The number of piperidine rings is 1. The fourth-order valence-corrected chi connectivity index (χ4v) is 3.61. The number of hydrogen-bond donors (Lipinski definition) is 1. The van der Waals surface area contributed by atoms with E-state index in [0.29, 0.717) is 6.54 Å². The number of benzene rings is 2. The molecule has 2 aromatic carbocycles. The van der Waals surface area contributed by atoms with Gasteiger partial charge in [0.15, 0.2) is 0 Å². The van der Waals surface area contributed by atoms with Gasteiger partial charge in [-0.15, -0.1) is 0 Å². The van der Waals surface area contributed by atoms with Gasteiger partial charge in [-0.2, -0.15) is 0 Å². The molecule has 0 atom stereocenters. The zero-order chi connectivity index (χ0) is 19.1. The van der Waals surface area contributed by atoms with Crippen LogP contribution in [0.25, 0.3) is 0 Å². The average molecular weight is 385 g/mol. The van der Waals surface area contributed by atoms with E-state index in [-0.39, 0.29) is 5.91 Å². The Morgan fingerprint density at radius 3 is 2.33 bits per heavy atom. The second-order valence-corrected chi connectivity index (χ2v) is 8.08. The number of hydrogen-bond acceptors (Lipinski definition) is 2. The number of amides is 1. The first-order valence-corrected chi connectivity index (χ1v) is 10.3. The summed E-state index contributed by atoms with van der Waals surface area (Å²) in [5.41, 5.74) is 3.26. The predicted octanol–water partition coefficient (Wildman–Crippen LogP) is 4.93. The molecule has 0 aliphatic carbocycles. The monoisotopic (exact) mass is 384 g/mol. The van der Waals surface area contributed by atoms with Crippen LogP contribution in [0.4, 0.5) is 0 Å². The summed E-state index contributed by atoms with van der Waals surface area (Å²) in [6.45, 7) is 6.35. The summed E-state index contributed by atoms with van der Waals surface area (Å²) in [6.07, 6.45) is 4.43. The maximum absolute atomic E-state index is 12.3. The van der Waals surface area contributed by atoms with Crippen LogP contribution in [0, 0.1) is 5.92 Å². The maximum Gasteiger partial charge on any atom is 0.251 e. The zero-order valence-electron chi connectivity index (χ0n) is 16.1. The van der Waals surface area contributed by atoms with Gasteiger partial charge in [-0.25, -0.2) is 0 Å². The van der Waals surface area contributed by atoms with Crippen LogP contribution in [0.2, 0.25) is 5.02 Å². The third kappa shape index (κ3) is 6.37. The standard InChI is InChI=1S/C23H29ClN2O/c1-18-12-15-26(16-13-18)17-20-4-8-21(9-5-20)23(27)25-14-2-3-19-6-10-22(24)11-7-19/h4-11,18H,2-3,12-17H2,1H3,(H,25,27). The lowest BCUT2D eigenvalue weighted by Gasteiger charge is -2.30. The highest BCUT2D eigenvalue weighted by molar-refractivity contribution is 6.30. The molecule has 3 nitrogen and oxygen atoms in total. The molecule has 1 N–H and O–H groups in total. The van der Waals surface area contributed by atoms with Crippen LogP contribution in [-0.4, -0.2) is 30.4 Å². The van der Waals surface area contributed by atoms with Gasteiger partial charge in [0, 0.05) is 23.7 Å². The van der Waals surface area contributed by atoms with Crippen LogP contribution < -0.4 is 5.32 Å². The van der Waals surface area contributed by atoms with Gasteiger partial charge >= 0.3 is 0 Å². The van der Waals surface area contributed by atoms with Crippen molar-refractivity contribution in [3.05, 3.63) is 70.2 Å². The second-order valence-electron chi connectivity index (χ2n) is 7.64. The Morgan fingerprint density at radius 2 is 1.67 bits per heavy atom. The van der Waals surface area contributed by atoms with Crippen molar-refractivity contribution in [2.45, 2.75) is 39.2 Å². The van der Waals surface area contributed by atoms with E-state index >= 15 is 0 Å². The molecule has 1 aliphatic rings. The average Bonchev–Trinajstić information content (AvgIpc) is 2.69. The Balaban J connectivity index is 1.40. The molecule has 0 unspecified atom stereocenters. The molecule has 0 saturated carbocycles. The summed E-state index contributed by atoms with van der Waals surface area (Å²) in [4.78, 5) is 14.8. The lowest BCUT2D eigenvalue weighted by atomic mass is 9.99. The highest BCUT2D eigenvalue weighted by Gasteiger charge is 2.15. The number of aryl methyl sites for hydroxylation is 1. The van der Waals surface area contributed by atoms with E-state index in [1.54, 1.807) is 0 Å². The third-order valence-electron chi connectivity index (χ3n) is 5.34. The molecule has 4 heteroatoms. The first-order chi connectivity index (χ1) is 13.1. The number of rotatable bonds is 7. The van der Waals surface area contributed by atoms with E-state index in [4.69, 9.17) is 11.6 Å². The Hall–Kier alpha value is -1.84. The summed E-state index contributed by atoms with van der Waals surface area (Å²) < 4.78 is 0. The molecule has 3 rings (SSSR count). The van der Waals surface area contributed by atoms with Crippen LogP contribution >= 0.6 is 11.6 Å². The van der Waals surface area contributed by atoms with Crippen molar-refractivity contribution in [1.29, 1.82) is 0 Å². The van der Waals surface area contributed by atoms with Crippen LogP contribution in [0.1, 0.15) is 47.7 Å². The van der Waals surface area contributed by atoms with E-state index in [0.717, 1.165) is 35.9 Å². The fraction of sp³-hybridized carbons (Fsp3) is 0.435. The second kappa shape index (κ2) is 9.91. The lowest BCUT2D eigenvalue weighted by Crippen LogP contribution is -2.32. The maximum atomic E-state index is 12.3. The SMILES string of the molecule is CC1CCN(Cc2ccc(C(=O)NCCCc3ccc(Cl)cc3)cc2)CC1. The summed E-state index contributed by atoms with van der Waals surface area (Å²) in [6, 6.07) is 15.9. The van der Waals surface area contributed by atoms with Gasteiger partial charge in [0.1, 0.15) is 0 Å². The summed E-state index contributed by atoms with van der Waals surface area (Å²) >= 11 is 5.89. The summed E-state index contributed by atoms with van der Waals surface area (Å²) in [5, 5.41) is 3.77. The molecule has 2 aromatic rings. The molecule has 1 heterocycles. The summed E-state index contributed by atoms with van der Waals surface area (Å²) in [7, 11) is 0. The molecule has 1 aliphatic heterocycles. The summed E-state index contributed by atoms with van der Waals surface area (Å²) in [5.74, 6) is 0.858. The van der Waals surface area contributed by atoms with Crippen molar-refractivity contribution in [2.24, 2.45) is 5.92 Å². The molecule has 0 bridgehead atoms. The van der Waals surface area contributed by atoms with E-state index in [9.17, 15) is 4.79 Å². The quantitative estimate of drug-likeness (QED) is 0.686. The van der Waals surface area contributed by atoms with E-state index in [1.807, 2.05) is 36.4 Å². The minimum absolute atomic E-state index is 0.00412. The molecule has 1 fully saturated rings. The minimum Gasteiger partial charge on any atom is -0.352 e. The molecular weight excluding hydrogens is 356 g/mol. The van der Waals surface area contributed by atoms with Gasteiger partial charge in [0.25, 0.3) is 5.91 Å². The largest absolute Gasteiger partial charge is 0.352 e. The third-order valence-corrected chi connectivity index (χ3v) is 5.59. The van der Waals surface area contributed by atoms with Crippen LogP contribution in [0.3, 0.4) is 0 Å². The van der Waals surface area contributed by atoms with Crippen LogP contribution in [-0.2, 0) is 13.0 Å². The molecule has 144 valence electrons. The van der Waals surface area contributed by atoms with Gasteiger partial charge < -0.3 is 5.32 Å². The normalized spacial score (nSPS) is 15.6. The Bertz CT molecular complexity index is 719. The van der Waals surface area contributed by atoms with Crippen LogP contribution in [0.15, 0.2) is 48.5 Å². The predicted molar refractivity (Wildman–Crippen MR) is 112 cm³/mol. The van der Waals surface area contributed by atoms with E-state index in [1.165, 1.54) is 37.1 Å². The van der Waals surface area contributed by atoms with Gasteiger partial charge in [-0.05, 0) is 80.1 Å². The number of nitrogens with zero attached hydrogens (tertiary/aromatic N) is 1. The van der Waals surface area contributed by atoms with Crippen molar-refractivity contribution in [3.63, 3.8) is 0 Å². The van der Waals surface area contributed by atoms with Crippen molar-refractivity contribution in [1.82, 2.24) is 10.2 Å². The highest BCUT2D eigenvalue weighted by atomic mass is 35.5. The topological polar surface area (TPSA) is 32.3 Å². The van der Waals surface area contributed by atoms with Gasteiger partial charge in [0.05, 0.1) is 0 Å². The molecule has 27 heavy (non-hydrogen) atoms. The highest BCUT2D eigenvalue weighted by Crippen LogP contribution is 2.18. The number of likely N-dealkylation sites (tertiary alicyclic amines) is 1. The van der Waals surface area contributed by atoms with Crippen molar-refractivity contribution in [2.75, 3.05) is 19.6 Å². The first kappa shape index (κ1) is 19.9. The van der Waals surface area contributed by atoms with Crippen molar-refractivity contribution < 1.29 is 4.79 Å². The van der Waals surface area contributed by atoms with Crippen molar-refractivity contribution >= 4 is 17.5 Å². The fourth-order valence-electron chi connectivity index (χ4n) is 3.49. The number of carbonyl (C=O) groups excluding carboxylic acids is 1. The van der Waals surface area contributed by atoms with Gasteiger partial charge in [0.2, 0.25) is 0 Å². The van der Waals surface area contributed by atoms with Crippen LogP contribution in [0.5, 0.6) is 0 Å².